The lowest BCUT2D eigenvalue weighted by Gasteiger charge is -2.40. The van der Waals surface area contributed by atoms with Gasteiger partial charge in [-0.25, -0.2) is 0 Å². The van der Waals surface area contributed by atoms with Crippen LogP contribution in [0.25, 0.3) is 0 Å². The number of nitrogen functional groups attached to an aromatic ring is 1. The highest BCUT2D eigenvalue weighted by Crippen LogP contribution is 2.42. The fraction of sp³-hybridized carbons (Fsp3) is 0.538. The van der Waals surface area contributed by atoms with Crippen molar-refractivity contribution < 1.29 is 0 Å². The van der Waals surface area contributed by atoms with Gasteiger partial charge in [0, 0.05) is 22.7 Å². The van der Waals surface area contributed by atoms with E-state index in [9.17, 15) is 0 Å². The summed E-state index contributed by atoms with van der Waals surface area (Å²) in [6.45, 7) is 3.12. The van der Waals surface area contributed by atoms with Crippen molar-refractivity contribution in [3.8, 4) is 0 Å². The molecule has 3 heteroatoms. The van der Waals surface area contributed by atoms with E-state index in [2.05, 4.69) is 23.7 Å². The topological polar surface area (TPSA) is 38.0 Å². The van der Waals surface area contributed by atoms with Crippen LogP contribution in [0.1, 0.15) is 24.8 Å². The molecule has 1 aromatic carbocycles. The standard InChI is InChI=1S/C13H20N2S/c1-10-8-11(4-5-12(10)14)15-9-13(16-2)6-3-7-13/h4-5,8,15H,3,6-7,9,14H2,1-2H3. The highest BCUT2D eigenvalue weighted by molar-refractivity contribution is 8.00. The average molecular weight is 236 g/mol. The Morgan fingerprint density at radius 3 is 2.69 bits per heavy atom. The van der Waals surface area contributed by atoms with E-state index in [1.165, 1.54) is 24.9 Å². The molecule has 2 nitrogen and oxygen atoms in total. The van der Waals surface area contributed by atoms with Gasteiger partial charge >= 0.3 is 0 Å². The Morgan fingerprint density at radius 2 is 2.19 bits per heavy atom. The molecule has 0 heterocycles. The van der Waals surface area contributed by atoms with Crippen molar-refractivity contribution in [2.24, 2.45) is 0 Å². The first-order valence-electron chi connectivity index (χ1n) is 5.80. The highest BCUT2D eigenvalue weighted by atomic mass is 32.2. The summed E-state index contributed by atoms with van der Waals surface area (Å²) in [4.78, 5) is 0. The zero-order valence-electron chi connectivity index (χ0n) is 10.0. The number of benzene rings is 1. The molecule has 88 valence electrons. The second-order valence-corrected chi connectivity index (χ2v) is 5.94. The van der Waals surface area contributed by atoms with Gasteiger partial charge in [0.25, 0.3) is 0 Å². The molecule has 1 saturated carbocycles. The summed E-state index contributed by atoms with van der Waals surface area (Å²) in [6, 6.07) is 6.17. The maximum Gasteiger partial charge on any atom is 0.0345 e. The molecular weight excluding hydrogens is 216 g/mol. The van der Waals surface area contributed by atoms with E-state index < -0.39 is 0 Å². The maximum atomic E-state index is 5.80. The third kappa shape index (κ3) is 2.29. The molecule has 0 atom stereocenters. The third-order valence-corrected chi connectivity index (χ3v) is 5.00. The first-order valence-corrected chi connectivity index (χ1v) is 7.03. The number of hydrogen-bond acceptors (Lipinski definition) is 3. The molecule has 16 heavy (non-hydrogen) atoms. The van der Waals surface area contributed by atoms with Gasteiger partial charge in [-0.05, 0) is 49.8 Å². The van der Waals surface area contributed by atoms with Crippen LogP contribution in [0.3, 0.4) is 0 Å². The molecule has 0 bridgehead atoms. The van der Waals surface area contributed by atoms with Gasteiger partial charge < -0.3 is 11.1 Å². The number of nitrogens with one attached hydrogen (secondary N) is 1. The number of hydrogen-bond donors (Lipinski definition) is 2. The summed E-state index contributed by atoms with van der Waals surface area (Å²) in [7, 11) is 0. The maximum absolute atomic E-state index is 5.80. The van der Waals surface area contributed by atoms with Gasteiger partial charge in [-0.1, -0.05) is 6.42 Å². The fourth-order valence-corrected chi connectivity index (χ4v) is 2.99. The summed E-state index contributed by atoms with van der Waals surface area (Å²) in [5.74, 6) is 0. The van der Waals surface area contributed by atoms with Gasteiger partial charge in [-0.15, -0.1) is 0 Å². The largest absolute Gasteiger partial charge is 0.399 e. The fourth-order valence-electron chi connectivity index (χ4n) is 2.07. The second-order valence-electron chi connectivity index (χ2n) is 4.67. The SMILES string of the molecule is CSC1(CNc2ccc(N)c(C)c2)CCC1. The first kappa shape index (κ1) is 11.6. The van der Waals surface area contributed by atoms with Crippen molar-refractivity contribution in [3.05, 3.63) is 23.8 Å². The van der Waals surface area contributed by atoms with Crippen LogP contribution in [0, 0.1) is 6.92 Å². The van der Waals surface area contributed by atoms with E-state index in [4.69, 9.17) is 5.73 Å². The monoisotopic (exact) mass is 236 g/mol. The molecule has 0 amide bonds. The second kappa shape index (κ2) is 4.58. The average Bonchev–Trinajstić information content (AvgIpc) is 2.22. The first-order chi connectivity index (χ1) is 7.65. The summed E-state index contributed by atoms with van der Waals surface area (Å²) in [5, 5.41) is 3.53. The zero-order valence-corrected chi connectivity index (χ0v) is 10.9. The van der Waals surface area contributed by atoms with E-state index in [0.717, 1.165) is 17.8 Å². The zero-order chi connectivity index (χ0) is 11.6. The van der Waals surface area contributed by atoms with E-state index in [-0.39, 0.29) is 0 Å². The van der Waals surface area contributed by atoms with Gasteiger partial charge in [-0.2, -0.15) is 11.8 Å². The molecule has 0 spiro atoms. The van der Waals surface area contributed by atoms with Gasteiger partial charge in [0.15, 0.2) is 0 Å². The Balaban J connectivity index is 1.96. The number of nitrogens with two attached hydrogens (primary N) is 1. The number of anilines is 2. The predicted molar refractivity (Wildman–Crippen MR) is 74.2 cm³/mol. The van der Waals surface area contributed by atoms with Crippen molar-refractivity contribution in [1.82, 2.24) is 0 Å². The van der Waals surface area contributed by atoms with Crippen LogP contribution >= 0.6 is 11.8 Å². The van der Waals surface area contributed by atoms with Gasteiger partial charge in [0.05, 0.1) is 0 Å². The molecular formula is C13H20N2S. The van der Waals surface area contributed by atoms with Crippen molar-refractivity contribution in [3.63, 3.8) is 0 Å². The third-order valence-electron chi connectivity index (χ3n) is 3.58. The highest BCUT2D eigenvalue weighted by Gasteiger charge is 2.35. The van der Waals surface area contributed by atoms with E-state index in [0.29, 0.717) is 4.75 Å². The normalized spacial score (nSPS) is 17.9. The van der Waals surface area contributed by atoms with Gasteiger partial charge in [0.1, 0.15) is 0 Å². The lowest BCUT2D eigenvalue weighted by molar-refractivity contribution is 0.380. The Labute approximate surface area is 102 Å². The molecule has 3 N–H and O–H groups in total. The summed E-state index contributed by atoms with van der Waals surface area (Å²) >= 11 is 2.00. The van der Waals surface area contributed by atoms with Crippen molar-refractivity contribution in [2.45, 2.75) is 30.9 Å². The smallest absolute Gasteiger partial charge is 0.0345 e. The Hall–Kier alpha value is -0.830. The van der Waals surface area contributed by atoms with Crippen LogP contribution < -0.4 is 11.1 Å². The quantitative estimate of drug-likeness (QED) is 0.788. The Morgan fingerprint density at radius 1 is 1.44 bits per heavy atom. The van der Waals surface area contributed by atoms with Gasteiger partial charge in [-0.3, -0.25) is 0 Å². The Kier molecular flexibility index (Phi) is 3.33. The van der Waals surface area contributed by atoms with Crippen LogP contribution in [-0.2, 0) is 0 Å². The van der Waals surface area contributed by atoms with Crippen LogP contribution in [0.2, 0.25) is 0 Å². The molecule has 2 rings (SSSR count). The van der Waals surface area contributed by atoms with E-state index in [1.807, 2.05) is 24.8 Å². The minimum absolute atomic E-state index is 0.481. The molecule has 0 saturated heterocycles. The van der Waals surface area contributed by atoms with E-state index >= 15 is 0 Å². The number of aryl methyl sites for hydroxylation is 1. The molecule has 0 radical (unpaired) electrons. The van der Waals surface area contributed by atoms with E-state index in [1.54, 1.807) is 0 Å². The predicted octanol–water partition coefficient (Wildman–Crippen LogP) is 3.27. The van der Waals surface area contributed by atoms with Crippen LogP contribution in [0.15, 0.2) is 18.2 Å². The van der Waals surface area contributed by atoms with Crippen molar-refractivity contribution in [2.75, 3.05) is 23.9 Å². The summed E-state index contributed by atoms with van der Waals surface area (Å²) in [5.41, 5.74) is 9.01. The van der Waals surface area contributed by atoms with Crippen LogP contribution in [0.5, 0.6) is 0 Å². The van der Waals surface area contributed by atoms with Crippen molar-refractivity contribution >= 4 is 23.1 Å². The van der Waals surface area contributed by atoms with Gasteiger partial charge in [0.2, 0.25) is 0 Å². The lowest BCUT2D eigenvalue weighted by atomic mass is 9.84. The summed E-state index contributed by atoms with van der Waals surface area (Å²) < 4.78 is 0.481. The van der Waals surface area contributed by atoms with Crippen LogP contribution in [-0.4, -0.2) is 17.5 Å². The Bertz CT molecular complexity index is 367. The minimum Gasteiger partial charge on any atom is -0.399 e. The van der Waals surface area contributed by atoms with Crippen molar-refractivity contribution in [1.29, 1.82) is 0 Å². The molecule has 1 fully saturated rings. The molecule has 0 aromatic heterocycles. The van der Waals surface area contributed by atoms with Crippen LogP contribution in [0.4, 0.5) is 11.4 Å². The molecule has 1 aliphatic rings. The molecule has 1 aromatic rings. The lowest BCUT2D eigenvalue weighted by Crippen LogP contribution is -2.40. The number of rotatable bonds is 4. The minimum atomic E-state index is 0.481. The molecule has 1 aliphatic carbocycles. The molecule has 0 aliphatic heterocycles. The molecule has 0 unspecified atom stereocenters. The summed E-state index contributed by atoms with van der Waals surface area (Å²) in [6.07, 6.45) is 6.28. The number of thioether (sulfide) groups is 1.